The van der Waals surface area contributed by atoms with E-state index >= 15 is 0 Å². The minimum absolute atomic E-state index is 0.360. The summed E-state index contributed by atoms with van der Waals surface area (Å²) in [6.07, 6.45) is 1.46. The molecule has 20 heavy (non-hydrogen) atoms. The summed E-state index contributed by atoms with van der Waals surface area (Å²) in [4.78, 5) is 11.2. The van der Waals surface area contributed by atoms with Crippen LogP contribution in [0, 0.1) is 5.92 Å². The maximum Gasteiger partial charge on any atom is 0.308 e. The van der Waals surface area contributed by atoms with Crippen LogP contribution >= 0.6 is 0 Å². The van der Waals surface area contributed by atoms with Crippen LogP contribution in [0.3, 0.4) is 0 Å². The number of nitrogens with zero attached hydrogens (tertiary/aromatic N) is 1. The van der Waals surface area contributed by atoms with E-state index in [2.05, 4.69) is 0 Å². The normalized spacial score (nSPS) is 21.5. The van der Waals surface area contributed by atoms with Gasteiger partial charge in [-0.2, -0.15) is 0 Å². The average Bonchev–Trinajstić information content (AvgIpc) is 2.38. The zero-order valence-corrected chi connectivity index (χ0v) is 13.0. The lowest BCUT2D eigenvalue weighted by Crippen LogP contribution is -2.49. The molecule has 112 valence electrons. The van der Waals surface area contributed by atoms with E-state index in [1.54, 1.807) is 31.2 Å². The van der Waals surface area contributed by atoms with Crippen LogP contribution in [0.25, 0.3) is 0 Å². The zero-order valence-electron chi connectivity index (χ0n) is 12.2. The fourth-order valence-electron chi connectivity index (χ4n) is 2.46. The summed E-state index contributed by atoms with van der Waals surface area (Å²) in [5, 5.41) is 9.20. The highest BCUT2D eigenvalue weighted by Gasteiger charge is 2.39. The van der Waals surface area contributed by atoms with E-state index in [9.17, 15) is 18.3 Å². The van der Waals surface area contributed by atoms with Crippen LogP contribution in [0.1, 0.15) is 26.3 Å². The van der Waals surface area contributed by atoms with Crippen molar-refractivity contribution in [2.75, 3.05) is 10.6 Å². The molecule has 0 fully saturated rings. The zero-order chi connectivity index (χ0) is 15.5. The molecule has 1 aromatic carbocycles. The summed E-state index contributed by atoms with van der Waals surface area (Å²) >= 11 is 0. The average molecular weight is 299 g/mol. The number of benzene rings is 1. The molecule has 0 saturated carbocycles. The molecule has 1 aromatic rings. The largest absolute Gasteiger partial charge is 0.481 e. The Morgan fingerprint density at radius 3 is 2.35 bits per heavy atom. The van der Waals surface area contributed by atoms with E-state index in [1.807, 2.05) is 13.8 Å². The third-order valence-electron chi connectivity index (χ3n) is 3.30. The topological polar surface area (TPSA) is 74.7 Å². The minimum Gasteiger partial charge on any atom is -0.481 e. The summed E-state index contributed by atoms with van der Waals surface area (Å²) < 4.78 is 24.9. The number of hydrogen-bond acceptors (Lipinski definition) is 3. The Hall–Kier alpha value is -1.56. The smallest absolute Gasteiger partial charge is 0.308 e. The highest BCUT2D eigenvalue weighted by Crippen LogP contribution is 2.35. The first-order valence-corrected chi connectivity index (χ1v) is 8.47. The fourth-order valence-corrected chi connectivity index (χ4v) is 3.75. The molecule has 0 aliphatic carbocycles. The second-order valence-electron chi connectivity index (χ2n) is 4.58. The van der Waals surface area contributed by atoms with Crippen molar-refractivity contribution in [2.45, 2.75) is 33.2 Å². The summed E-state index contributed by atoms with van der Waals surface area (Å²) in [5.74, 6) is -1.68. The van der Waals surface area contributed by atoms with Gasteiger partial charge in [0, 0.05) is 0 Å². The summed E-state index contributed by atoms with van der Waals surface area (Å²) in [5.41, 5.74) is 1.35. The van der Waals surface area contributed by atoms with Gasteiger partial charge in [0.1, 0.15) is 0 Å². The SMILES string of the molecule is CC.C[C@@H]1[C@H](C(=O)O)Cc2ccccc2N1S(C)(=O)=O. The minimum atomic E-state index is -3.48. The number of hydrogen-bond donors (Lipinski definition) is 1. The Bertz CT molecular complexity index is 583. The van der Waals surface area contributed by atoms with E-state index in [0.717, 1.165) is 11.8 Å². The quantitative estimate of drug-likeness (QED) is 0.907. The van der Waals surface area contributed by atoms with Crippen LogP contribution in [-0.2, 0) is 21.2 Å². The number of para-hydroxylation sites is 1. The molecule has 2 rings (SSSR count). The molecule has 0 bridgehead atoms. The van der Waals surface area contributed by atoms with Crippen LogP contribution in [0.15, 0.2) is 24.3 Å². The number of carboxylic acid groups (broad SMARTS) is 1. The van der Waals surface area contributed by atoms with Crippen molar-refractivity contribution in [1.29, 1.82) is 0 Å². The molecule has 0 radical (unpaired) electrons. The van der Waals surface area contributed by atoms with Gasteiger partial charge >= 0.3 is 5.97 Å². The van der Waals surface area contributed by atoms with Gasteiger partial charge < -0.3 is 5.11 Å². The Kier molecular flexibility index (Phi) is 5.16. The van der Waals surface area contributed by atoms with Crippen molar-refractivity contribution in [3.8, 4) is 0 Å². The molecule has 0 unspecified atom stereocenters. The van der Waals surface area contributed by atoms with Gasteiger partial charge in [-0.1, -0.05) is 32.0 Å². The van der Waals surface area contributed by atoms with E-state index in [4.69, 9.17) is 0 Å². The van der Waals surface area contributed by atoms with Gasteiger partial charge in [-0.05, 0) is 25.0 Å². The maximum atomic E-state index is 11.9. The highest BCUT2D eigenvalue weighted by atomic mass is 32.2. The highest BCUT2D eigenvalue weighted by molar-refractivity contribution is 7.92. The van der Waals surface area contributed by atoms with E-state index in [1.165, 1.54) is 4.31 Å². The molecular formula is C14H21NO4S. The van der Waals surface area contributed by atoms with Crippen molar-refractivity contribution < 1.29 is 18.3 Å². The summed E-state index contributed by atoms with van der Waals surface area (Å²) in [6.45, 7) is 5.63. The van der Waals surface area contributed by atoms with E-state index in [0.29, 0.717) is 12.1 Å². The van der Waals surface area contributed by atoms with Crippen LogP contribution in [0.2, 0.25) is 0 Å². The van der Waals surface area contributed by atoms with Crippen molar-refractivity contribution in [3.63, 3.8) is 0 Å². The second-order valence-corrected chi connectivity index (χ2v) is 6.44. The Balaban J connectivity index is 0.000000956. The van der Waals surface area contributed by atoms with Crippen LogP contribution < -0.4 is 4.31 Å². The molecule has 0 aromatic heterocycles. The number of sulfonamides is 1. The van der Waals surface area contributed by atoms with Gasteiger partial charge in [-0.25, -0.2) is 8.42 Å². The van der Waals surface area contributed by atoms with Gasteiger partial charge in [0.15, 0.2) is 0 Å². The van der Waals surface area contributed by atoms with Gasteiger partial charge in [0.05, 0.1) is 23.9 Å². The van der Waals surface area contributed by atoms with Crippen LogP contribution in [0.5, 0.6) is 0 Å². The molecular weight excluding hydrogens is 278 g/mol. The number of carboxylic acids is 1. The number of aliphatic carboxylic acids is 1. The third kappa shape index (κ3) is 3.12. The molecule has 0 spiro atoms. The third-order valence-corrected chi connectivity index (χ3v) is 4.54. The monoisotopic (exact) mass is 299 g/mol. The van der Waals surface area contributed by atoms with Gasteiger partial charge in [0.2, 0.25) is 10.0 Å². The number of fused-ring (bicyclic) bond motifs is 1. The molecule has 2 atom stereocenters. The van der Waals surface area contributed by atoms with Crippen LogP contribution in [0.4, 0.5) is 5.69 Å². The molecule has 0 saturated heterocycles. The number of anilines is 1. The molecule has 1 N–H and O–H groups in total. The summed E-state index contributed by atoms with van der Waals surface area (Å²) in [7, 11) is -3.48. The van der Waals surface area contributed by atoms with Crippen molar-refractivity contribution in [3.05, 3.63) is 29.8 Å². The Morgan fingerprint density at radius 1 is 1.30 bits per heavy atom. The fraction of sp³-hybridized carbons (Fsp3) is 0.500. The first kappa shape index (κ1) is 16.5. The Morgan fingerprint density at radius 2 is 1.85 bits per heavy atom. The van der Waals surface area contributed by atoms with Crippen molar-refractivity contribution >= 4 is 21.7 Å². The lowest BCUT2D eigenvalue weighted by molar-refractivity contribution is -0.142. The molecule has 1 aliphatic heterocycles. The predicted octanol–water partition coefficient (Wildman–Crippen LogP) is 2.12. The predicted molar refractivity (Wildman–Crippen MR) is 79.4 cm³/mol. The van der Waals surface area contributed by atoms with Crippen molar-refractivity contribution in [2.24, 2.45) is 5.92 Å². The maximum absolute atomic E-state index is 11.9. The van der Waals surface area contributed by atoms with Gasteiger partial charge in [-0.3, -0.25) is 9.10 Å². The summed E-state index contributed by atoms with van der Waals surface area (Å²) in [6, 6.07) is 6.45. The first-order valence-electron chi connectivity index (χ1n) is 6.62. The van der Waals surface area contributed by atoms with E-state index < -0.39 is 28.0 Å². The Labute approximate surface area is 120 Å². The molecule has 6 heteroatoms. The lowest BCUT2D eigenvalue weighted by Gasteiger charge is -2.38. The van der Waals surface area contributed by atoms with Crippen molar-refractivity contribution in [1.82, 2.24) is 0 Å². The molecule has 1 aliphatic rings. The number of carbonyl (C=O) groups is 1. The second kappa shape index (κ2) is 6.26. The van der Waals surface area contributed by atoms with Gasteiger partial charge in [0.25, 0.3) is 0 Å². The molecule has 1 heterocycles. The van der Waals surface area contributed by atoms with E-state index in [-0.39, 0.29) is 0 Å². The lowest BCUT2D eigenvalue weighted by atomic mass is 9.88. The first-order chi connectivity index (χ1) is 9.32. The number of rotatable bonds is 2. The van der Waals surface area contributed by atoms with Crippen LogP contribution in [-0.4, -0.2) is 31.8 Å². The molecule has 5 nitrogen and oxygen atoms in total. The standard InChI is InChI=1S/C12H15NO4S.C2H6/c1-8-10(12(14)15)7-9-5-3-4-6-11(9)13(8)18(2,16)17;1-2/h3-6,8,10H,7H2,1-2H3,(H,14,15);1-2H3/t8-,10-;/m1./s1. The molecule has 0 amide bonds. The van der Waals surface area contributed by atoms with Gasteiger partial charge in [-0.15, -0.1) is 0 Å².